The SMILES string of the molecule is CN1CCN(C[C@@H](O)COCc2ccco2)c2ccccc21. The van der Waals surface area contributed by atoms with Gasteiger partial charge in [-0.3, -0.25) is 0 Å². The number of benzene rings is 1. The fraction of sp³-hybridized carbons (Fsp3) is 0.412. The zero-order valence-electron chi connectivity index (χ0n) is 12.8. The van der Waals surface area contributed by atoms with Crippen molar-refractivity contribution in [1.29, 1.82) is 0 Å². The Labute approximate surface area is 130 Å². The fourth-order valence-corrected chi connectivity index (χ4v) is 2.75. The first kappa shape index (κ1) is 14.9. The van der Waals surface area contributed by atoms with E-state index in [2.05, 4.69) is 29.0 Å². The molecular formula is C17H22N2O3. The first-order chi connectivity index (χ1) is 10.7. The van der Waals surface area contributed by atoms with Crippen molar-refractivity contribution in [2.24, 2.45) is 0 Å². The number of furan rings is 1. The molecule has 5 heteroatoms. The minimum absolute atomic E-state index is 0.301. The van der Waals surface area contributed by atoms with Crippen LogP contribution in [0.1, 0.15) is 5.76 Å². The molecule has 0 aliphatic carbocycles. The Morgan fingerprint density at radius 1 is 1.18 bits per heavy atom. The summed E-state index contributed by atoms with van der Waals surface area (Å²) in [5, 5.41) is 10.2. The molecule has 0 saturated carbocycles. The van der Waals surface area contributed by atoms with Gasteiger partial charge in [-0.05, 0) is 24.3 Å². The van der Waals surface area contributed by atoms with Crippen molar-refractivity contribution in [3.8, 4) is 0 Å². The molecule has 1 N–H and O–H groups in total. The van der Waals surface area contributed by atoms with Crippen molar-refractivity contribution >= 4 is 11.4 Å². The van der Waals surface area contributed by atoms with E-state index in [9.17, 15) is 5.11 Å². The maximum atomic E-state index is 10.2. The molecule has 1 aliphatic rings. The molecule has 5 nitrogen and oxygen atoms in total. The second-order valence-electron chi connectivity index (χ2n) is 5.60. The van der Waals surface area contributed by atoms with Gasteiger partial charge >= 0.3 is 0 Å². The van der Waals surface area contributed by atoms with E-state index in [-0.39, 0.29) is 0 Å². The summed E-state index contributed by atoms with van der Waals surface area (Å²) in [7, 11) is 2.10. The van der Waals surface area contributed by atoms with Crippen molar-refractivity contribution in [3.63, 3.8) is 0 Å². The quantitative estimate of drug-likeness (QED) is 0.885. The summed E-state index contributed by atoms with van der Waals surface area (Å²) in [5.74, 6) is 0.775. The lowest BCUT2D eigenvalue weighted by atomic mass is 10.1. The van der Waals surface area contributed by atoms with Crippen LogP contribution in [-0.2, 0) is 11.3 Å². The standard InChI is InChI=1S/C17H22N2O3/c1-18-8-9-19(17-7-3-2-6-16(17)18)11-14(20)12-21-13-15-5-4-10-22-15/h2-7,10,14,20H,8-9,11-13H2,1H3/t14-/m1/s1. The lowest BCUT2D eigenvalue weighted by Gasteiger charge is -2.37. The summed E-state index contributed by atoms with van der Waals surface area (Å²) in [4.78, 5) is 4.46. The molecule has 1 aromatic heterocycles. The highest BCUT2D eigenvalue weighted by Crippen LogP contribution is 2.31. The molecule has 0 bridgehead atoms. The number of anilines is 2. The van der Waals surface area contributed by atoms with Crippen LogP contribution in [0, 0.1) is 0 Å². The van der Waals surface area contributed by atoms with Gasteiger partial charge in [-0.15, -0.1) is 0 Å². The van der Waals surface area contributed by atoms with Crippen LogP contribution in [0.4, 0.5) is 11.4 Å². The lowest BCUT2D eigenvalue weighted by molar-refractivity contribution is 0.0255. The highest BCUT2D eigenvalue weighted by molar-refractivity contribution is 5.73. The minimum Gasteiger partial charge on any atom is -0.467 e. The molecule has 0 fully saturated rings. The molecule has 2 aromatic rings. The molecule has 0 unspecified atom stereocenters. The number of nitrogens with zero attached hydrogens (tertiary/aromatic N) is 2. The molecule has 0 spiro atoms. The first-order valence-electron chi connectivity index (χ1n) is 7.57. The zero-order chi connectivity index (χ0) is 15.4. The van der Waals surface area contributed by atoms with Gasteiger partial charge in [0.2, 0.25) is 0 Å². The summed E-state index contributed by atoms with van der Waals surface area (Å²) in [6.07, 6.45) is 1.10. The molecule has 0 radical (unpaired) electrons. The van der Waals surface area contributed by atoms with Gasteiger partial charge in [0, 0.05) is 26.7 Å². The molecule has 2 heterocycles. The summed E-state index contributed by atoms with van der Waals surface area (Å²) in [6.45, 7) is 3.13. The Morgan fingerprint density at radius 2 is 2.00 bits per heavy atom. The van der Waals surface area contributed by atoms with Gasteiger partial charge in [-0.2, -0.15) is 0 Å². The number of para-hydroxylation sites is 2. The maximum absolute atomic E-state index is 10.2. The lowest BCUT2D eigenvalue weighted by Crippen LogP contribution is -2.43. The van der Waals surface area contributed by atoms with Gasteiger partial charge in [0.25, 0.3) is 0 Å². The number of ether oxygens (including phenoxy) is 1. The first-order valence-corrected chi connectivity index (χ1v) is 7.57. The number of hydrogen-bond donors (Lipinski definition) is 1. The summed E-state index contributed by atoms with van der Waals surface area (Å²) < 4.78 is 10.7. The topological polar surface area (TPSA) is 49.1 Å². The van der Waals surface area contributed by atoms with Crippen LogP contribution in [0.5, 0.6) is 0 Å². The van der Waals surface area contributed by atoms with E-state index in [1.807, 2.05) is 24.3 Å². The van der Waals surface area contributed by atoms with Crippen LogP contribution < -0.4 is 9.80 Å². The van der Waals surface area contributed by atoms with E-state index in [4.69, 9.17) is 9.15 Å². The Morgan fingerprint density at radius 3 is 2.77 bits per heavy atom. The summed E-state index contributed by atoms with van der Waals surface area (Å²) in [6, 6.07) is 12.0. The minimum atomic E-state index is -0.522. The van der Waals surface area contributed by atoms with E-state index >= 15 is 0 Å². The smallest absolute Gasteiger partial charge is 0.129 e. The van der Waals surface area contributed by atoms with Gasteiger partial charge in [0.15, 0.2) is 0 Å². The Balaban J connectivity index is 1.53. The highest BCUT2D eigenvalue weighted by Gasteiger charge is 2.21. The largest absolute Gasteiger partial charge is 0.467 e. The number of aliphatic hydroxyl groups is 1. The van der Waals surface area contributed by atoms with E-state index in [0.717, 1.165) is 18.8 Å². The van der Waals surface area contributed by atoms with E-state index < -0.39 is 6.10 Å². The van der Waals surface area contributed by atoms with E-state index in [1.54, 1.807) is 6.26 Å². The molecule has 1 aromatic carbocycles. The number of likely N-dealkylation sites (N-methyl/N-ethyl adjacent to an activating group) is 1. The average Bonchev–Trinajstić information content (AvgIpc) is 3.04. The van der Waals surface area contributed by atoms with Crippen molar-refractivity contribution in [2.75, 3.05) is 43.1 Å². The molecule has 0 saturated heterocycles. The number of aliphatic hydroxyl groups excluding tert-OH is 1. The number of fused-ring (bicyclic) bond motifs is 1. The van der Waals surface area contributed by atoms with Gasteiger partial charge in [-0.25, -0.2) is 0 Å². The van der Waals surface area contributed by atoms with Crippen LogP contribution in [0.25, 0.3) is 0 Å². The third-order valence-corrected chi connectivity index (χ3v) is 3.90. The Bertz CT molecular complexity index is 585. The summed E-state index contributed by atoms with van der Waals surface area (Å²) >= 11 is 0. The van der Waals surface area contributed by atoms with Gasteiger partial charge < -0.3 is 24.1 Å². The molecule has 118 valence electrons. The summed E-state index contributed by atoms with van der Waals surface area (Å²) in [5.41, 5.74) is 2.37. The maximum Gasteiger partial charge on any atom is 0.129 e. The van der Waals surface area contributed by atoms with Crippen LogP contribution in [0.2, 0.25) is 0 Å². The van der Waals surface area contributed by atoms with Crippen LogP contribution >= 0.6 is 0 Å². The molecular weight excluding hydrogens is 280 g/mol. The van der Waals surface area contributed by atoms with Crippen molar-refractivity contribution in [1.82, 2.24) is 0 Å². The highest BCUT2D eigenvalue weighted by atomic mass is 16.5. The molecule has 0 amide bonds. The van der Waals surface area contributed by atoms with Crippen molar-refractivity contribution in [2.45, 2.75) is 12.7 Å². The van der Waals surface area contributed by atoms with Gasteiger partial charge in [-0.1, -0.05) is 12.1 Å². The number of rotatable bonds is 6. The van der Waals surface area contributed by atoms with Crippen LogP contribution in [0.3, 0.4) is 0 Å². The van der Waals surface area contributed by atoms with E-state index in [0.29, 0.717) is 19.8 Å². The molecule has 22 heavy (non-hydrogen) atoms. The average molecular weight is 302 g/mol. The van der Waals surface area contributed by atoms with Crippen LogP contribution in [-0.4, -0.2) is 44.5 Å². The number of β-amino-alcohol motifs (C(OH)–C–C–N with tert-alkyl or cyclic N) is 1. The zero-order valence-corrected chi connectivity index (χ0v) is 12.8. The molecule has 1 atom stereocenters. The van der Waals surface area contributed by atoms with Crippen molar-refractivity contribution in [3.05, 3.63) is 48.4 Å². The normalized spacial score (nSPS) is 15.7. The van der Waals surface area contributed by atoms with Crippen LogP contribution in [0.15, 0.2) is 47.1 Å². The van der Waals surface area contributed by atoms with Gasteiger partial charge in [0.1, 0.15) is 12.4 Å². The third-order valence-electron chi connectivity index (χ3n) is 3.90. The van der Waals surface area contributed by atoms with Crippen molar-refractivity contribution < 1.29 is 14.3 Å². The predicted molar refractivity (Wildman–Crippen MR) is 86.3 cm³/mol. The van der Waals surface area contributed by atoms with Gasteiger partial charge in [0.05, 0.1) is 30.3 Å². The fourth-order valence-electron chi connectivity index (χ4n) is 2.75. The van der Waals surface area contributed by atoms with E-state index in [1.165, 1.54) is 11.4 Å². The molecule has 3 rings (SSSR count). The number of hydrogen-bond acceptors (Lipinski definition) is 5. The third kappa shape index (κ3) is 3.43. The Kier molecular flexibility index (Phi) is 4.65. The Hall–Kier alpha value is -1.98. The molecule has 1 aliphatic heterocycles. The second kappa shape index (κ2) is 6.85. The monoisotopic (exact) mass is 302 g/mol. The second-order valence-corrected chi connectivity index (χ2v) is 5.60. The predicted octanol–water partition coefficient (Wildman–Crippen LogP) is 2.11.